The van der Waals surface area contributed by atoms with Gasteiger partial charge in [0, 0.05) is 7.11 Å². The Kier molecular flexibility index (Phi) is 7.04. The van der Waals surface area contributed by atoms with Crippen LogP contribution in [0.25, 0.3) is 10.8 Å². The van der Waals surface area contributed by atoms with Gasteiger partial charge in [0.2, 0.25) is 0 Å². The fourth-order valence-electron chi connectivity index (χ4n) is 1.97. The molecule has 2 nitrogen and oxygen atoms in total. The fraction of sp³-hybridized carbons (Fsp3) is 0.231. The molecular formula is C13H13BF3KO2. The van der Waals surface area contributed by atoms with Crippen LogP contribution in [-0.2, 0) is 4.74 Å². The summed E-state index contributed by atoms with van der Waals surface area (Å²) in [6.45, 7) is -4.80. The van der Waals surface area contributed by atoms with Crippen LogP contribution in [0.1, 0.15) is 0 Å². The third-order valence-electron chi connectivity index (χ3n) is 2.80. The molecule has 0 aliphatic carbocycles. The number of benzene rings is 2. The molecule has 0 aromatic heterocycles. The summed E-state index contributed by atoms with van der Waals surface area (Å²) in [6, 6.07) is 9.40. The Morgan fingerprint density at radius 3 is 2.35 bits per heavy atom. The van der Waals surface area contributed by atoms with Gasteiger partial charge < -0.3 is 22.4 Å². The number of ether oxygens (including phenoxy) is 2. The first-order chi connectivity index (χ1) is 9.04. The molecule has 2 rings (SSSR count). The first-order valence-corrected chi connectivity index (χ1v) is 5.87. The van der Waals surface area contributed by atoms with Crippen molar-refractivity contribution in [1.82, 2.24) is 0 Å². The molecular weight excluding hydrogens is 295 g/mol. The summed E-state index contributed by atoms with van der Waals surface area (Å²) in [5, 5.41) is 0.723. The van der Waals surface area contributed by atoms with Crippen LogP contribution in [-0.4, -0.2) is 27.3 Å². The molecule has 0 saturated carbocycles. The Morgan fingerprint density at radius 2 is 1.70 bits per heavy atom. The minimum absolute atomic E-state index is 0. The zero-order valence-corrected chi connectivity index (χ0v) is 14.5. The van der Waals surface area contributed by atoms with E-state index >= 15 is 0 Å². The summed E-state index contributed by atoms with van der Waals surface area (Å²) in [6.07, 6.45) is 0. The third-order valence-corrected chi connectivity index (χ3v) is 2.80. The average molecular weight is 308 g/mol. The van der Waals surface area contributed by atoms with Crippen molar-refractivity contribution in [2.24, 2.45) is 0 Å². The van der Waals surface area contributed by atoms with Gasteiger partial charge >= 0.3 is 58.4 Å². The molecule has 0 spiro atoms. The van der Waals surface area contributed by atoms with Gasteiger partial charge in [0.25, 0.3) is 0 Å². The van der Waals surface area contributed by atoms with E-state index in [0.717, 1.165) is 0 Å². The van der Waals surface area contributed by atoms with Gasteiger partial charge in [0.1, 0.15) is 6.61 Å². The molecule has 0 unspecified atom stereocenters. The van der Waals surface area contributed by atoms with Crippen molar-refractivity contribution in [2.45, 2.75) is 0 Å². The quantitative estimate of drug-likeness (QED) is 0.568. The fourth-order valence-corrected chi connectivity index (χ4v) is 1.97. The summed E-state index contributed by atoms with van der Waals surface area (Å²) in [7, 11) is 1.47. The Hall–Kier alpha value is -0.0487. The molecule has 2 aromatic carbocycles. The first-order valence-electron chi connectivity index (χ1n) is 5.87. The van der Waals surface area contributed by atoms with Crippen molar-refractivity contribution < 1.29 is 73.8 Å². The number of hydrogen-bond donors (Lipinski definition) is 0. The van der Waals surface area contributed by atoms with E-state index in [1.165, 1.54) is 19.2 Å². The van der Waals surface area contributed by atoms with Crippen LogP contribution in [0, 0.1) is 0 Å². The number of hydrogen-bond acceptors (Lipinski definition) is 2. The molecule has 7 heteroatoms. The Balaban J connectivity index is 0.00000200. The second-order valence-corrected chi connectivity index (χ2v) is 4.11. The van der Waals surface area contributed by atoms with Crippen LogP contribution < -0.4 is 61.6 Å². The van der Waals surface area contributed by atoms with Crippen LogP contribution in [0.15, 0.2) is 36.4 Å². The molecule has 0 aliphatic heterocycles. The van der Waals surface area contributed by atoms with Gasteiger partial charge in [-0.2, -0.15) is 0 Å². The van der Waals surface area contributed by atoms with E-state index in [0.29, 0.717) is 5.39 Å². The molecule has 0 saturated heterocycles. The maximum atomic E-state index is 13.2. The zero-order valence-electron chi connectivity index (χ0n) is 11.4. The topological polar surface area (TPSA) is 18.5 Å². The van der Waals surface area contributed by atoms with Crippen molar-refractivity contribution in [2.75, 3.05) is 20.3 Å². The van der Waals surface area contributed by atoms with Crippen molar-refractivity contribution in [3.05, 3.63) is 36.4 Å². The van der Waals surface area contributed by atoms with Crippen LogP contribution in [0.5, 0.6) is 5.75 Å². The molecule has 0 fully saturated rings. The van der Waals surface area contributed by atoms with Crippen LogP contribution in [0.4, 0.5) is 12.9 Å². The first kappa shape index (κ1) is 18.0. The third kappa shape index (κ3) is 4.22. The van der Waals surface area contributed by atoms with Crippen molar-refractivity contribution in [1.29, 1.82) is 0 Å². The zero-order chi connectivity index (χ0) is 13.9. The number of fused-ring (bicyclic) bond motifs is 1. The SMILES string of the molecule is COCCOc1ccc2ccccc2c1[B-](F)(F)F.[K+]. The van der Waals surface area contributed by atoms with Crippen LogP contribution >= 0.6 is 0 Å². The molecule has 0 radical (unpaired) electrons. The predicted molar refractivity (Wildman–Crippen MR) is 70.0 cm³/mol. The van der Waals surface area contributed by atoms with Gasteiger partial charge in [-0.3, -0.25) is 0 Å². The summed E-state index contributed by atoms with van der Waals surface area (Å²) in [4.78, 5) is 0. The molecule has 0 bridgehead atoms. The summed E-state index contributed by atoms with van der Waals surface area (Å²) in [5.41, 5.74) is -0.672. The van der Waals surface area contributed by atoms with Gasteiger partial charge in [0.15, 0.2) is 0 Å². The summed E-state index contributed by atoms with van der Waals surface area (Å²) < 4.78 is 49.7. The molecule has 102 valence electrons. The van der Waals surface area contributed by atoms with Gasteiger partial charge in [0.05, 0.1) is 12.4 Å². The molecule has 20 heavy (non-hydrogen) atoms. The Morgan fingerprint density at radius 1 is 1.00 bits per heavy atom. The van der Waals surface area contributed by atoms with E-state index in [2.05, 4.69) is 0 Å². The van der Waals surface area contributed by atoms with Crippen LogP contribution in [0.2, 0.25) is 0 Å². The summed E-state index contributed by atoms with van der Waals surface area (Å²) in [5.74, 6) is -0.136. The maximum Gasteiger partial charge on any atom is 1.00 e. The van der Waals surface area contributed by atoms with Gasteiger partial charge in [-0.15, -0.1) is 0 Å². The molecule has 0 atom stereocenters. The average Bonchev–Trinajstić information content (AvgIpc) is 2.37. The minimum Gasteiger partial charge on any atom is -0.494 e. The molecule has 2 aromatic rings. The molecule has 0 amide bonds. The molecule has 0 heterocycles. The number of methoxy groups -OCH3 is 1. The summed E-state index contributed by atoms with van der Waals surface area (Å²) >= 11 is 0. The van der Waals surface area contributed by atoms with Crippen molar-refractivity contribution >= 4 is 23.2 Å². The van der Waals surface area contributed by atoms with E-state index in [1.54, 1.807) is 24.3 Å². The van der Waals surface area contributed by atoms with Crippen molar-refractivity contribution in [3.63, 3.8) is 0 Å². The normalized spacial score (nSPS) is 11.2. The smallest absolute Gasteiger partial charge is 0.494 e. The largest absolute Gasteiger partial charge is 1.00 e. The Labute approximate surface area is 158 Å². The maximum absolute atomic E-state index is 13.2. The minimum atomic E-state index is -5.14. The van der Waals surface area contributed by atoms with Crippen molar-refractivity contribution in [3.8, 4) is 5.75 Å². The van der Waals surface area contributed by atoms with E-state index in [1.807, 2.05) is 0 Å². The van der Waals surface area contributed by atoms with Crippen LogP contribution in [0.3, 0.4) is 0 Å². The monoisotopic (exact) mass is 308 g/mol. The second-order valence-electron chi connectivity index (χ2n) is 4.11. The van der Waals surface area contributed by atoms with E-state index in [9.17, 15) is 12.9 Å². The molecule has 0 N–H and O–H groups in total. The van der Waals surface area contributed by atoms with E-state index < -0.39 is 12.4 Å². The van der Waals surface area contributed by atoms with E-state index in [-0.39, 0.29) is 75.7 Å². The second kappa shape index (κ2) is 7.82. The Bertz CT molecular complexity index is 575. The molecule has 0 aliphatic rings. The van der Waals surface area contributed by atoms with E-state index in [4.69, 9.17) is 9.47 Å². The number of rotatable bonds is 5. The number of halogens is 3. The van der Waals surface area contributed by atoms with Gasteiger partial charge in [-0.05, 0) is 16.8 Å². The van der Waals surface area contributed by atoms with Gasteiger partial charge in [-0.25, -0.2) is 0 Å². The standard InChI is InChI=1S/C13H13BF3O2.K/c1-18-8-9-19-12-7-6-10-4-2-3-5-11(10)13(12)14(15,16)17;/h2-7H,8-9H2,1H3;/q-1;+1. The van der Waals surface area contributed by atoms with Gasteiger partial charge in [-0.1, -0.05) is 35.8 Å². The predicted octanol–water partition coefficient (Wildman–Crippen LogP) is -0.0766.